The van der Waals surface area contributed by atoms with Crippen LogP contribution in [-0.2, 0) is 29.3 Å². The largest absolute Gasteiger partial charge is 0.469 e. The van der Waals surface area contributed by atoms with E-state index >= 15 is 0 Å². The van der Waals surface area contributed by atoms with Crippen molar-refractivity contribution in [1.82, 2.24) is 5.32 Å². The standard InChI is InChI=1S/C27H27NO5/c1-32-24(29)19-18-23(25(30)33-2)28-26(31)27(20-12-6-3-7-13-20,21-14-8-4-9-15-21)22-16-10-5-11-17-22/h3-17,23H,18-19H2,1-2H3,(H,28,31)/t23-/m0/s1. The minimum Gasteiger partial charge on any atom is -0.469 e. The maximum atomic E-state index is 14.2. The van der Waals surface area contributed by atoms with E-state index in [9.17, 15) is 14.4 Å². The maximum Gasteiger partial charge on any atom is 0.328 e. The molecule has 1 atom stereocenters. The molecule has 0 aliphatic rings. The molecule has 0 aliphatic heterocycles. The Kier molecular flexibility index (Phi) is 7.97. The first-order valence-electron chi connectivity index (χ1n) is 10.7. The van der Waals surface area contributed by atoms with Crippen LogP contribution in [0.4, 0.5) is 0 Å². The van der Waals surface area contributed by atoms with Gasteiger partial charge < -0.3 is 14.8 Å². The number of hydrogen-bond donors (Lipinski definition) is 1. The fourth-order valence-electron chi connectivity index (χ4n) is 3.98. The Labute approximate surface area is 193 Å². The second-order valence-electron chi connectivity index (χ2n) is 7.51. The number of rotatable bonds is 9. The number of methoxy groups -OCH3 is 2. The molecule has 3 rings (SSSR count). The van der Waals surface area contributed by atoms with Gasteiger partial charge in [0.1, 0.15) is 11.5 Å². The van der Waals surface area contributed by atoms with Crippen LogP contribution in [0.5, 0.6) is 0 Å². The molecule has 0 spiro atoms. The summed E-state index contributed by atoms with van der Waals surface area (Å²) in [6.45, 7) is 0. The Morgan fingerprint density at radius 2 is 1.15 bits per heavy atom. The minimum absolute atomic E-state index is 0.0362. The number of hydrogen-bond acceptors (Lipinski definition) is 5. The van der Waals surface area contributed by atoms with Gasteiger partial charge in [0.05, 0.1) is 14.2 Å². The molecule has 0 radical (unpaired) electrons. The summed E-state index contributed by atoms with van der Waals surface area (Å²) in [5, 5.41) is 2.86. The third-order valence-electron chi connectivity index (χ3n) is 5.62. The fourth-order valence-corrected chi connectivity index (χ4v) is 3.98. The van der Waals surface area contributed by atoms with E-state index in [1.54, 1.807) is 0 Å². The van der Waals surface area contributed by atoms with Crippen molar-refractivity contribution in [2.24, 2.45) is 0 Å². The van der Waals surface area contributed by atoms with E-state index < -0.39 is 29.3 Å². The summed E-state index contributed by atoms with van der Waals surface area (Å²) in [5.74, 6) is -1.50. The number of ether oxygens (including phenoxy) is 2. The number of carbonyl (C=O) groups is 3. The lowest BCUT2D eigenvalue weighted by Gasteiger charge is -2.35. The van der Waals surface area contributed by atoms with Crippen LogP contribution in [0, 0.1) is 0 Å². The Balaban J connectivity index is 2.15. The van der Waals surface area contributed by atoms with Gasteiger partial charge in [-0.05, 0) is 23.1 Å². The van der Waals surface area contributed by atoms with E-state index in [0.717, 1.165) is 16.7 Å². The number of amides is 1. The van der Waals surface area contributed by atoms with Crippen LogP contribution < -0.4 is 5.32 Å². The normalized spacial score (nSPS) is 11.8. The molecular formula is C27H27NO5. The van der Waals surface area contributed by atoms with Crippen LogP contribution in [0.15, 0.2) is 91.0 Å². The van der Waals surface area contributed by atoms with Crippen molar-refractivity contribution < 1.29 is 23.9 Å². The summed E-state index contributed by atoms with van der Waals surface area (Å²) < 4.78 is 9.59. The van der Waals surface area contributed by atoms with E-state index in [-0.39, 0.29) is 12.8 Å². The minimum atomic E-state index is -1.23. The number of nitrogens with one attached hydrogen (secondary N) is 1. The fraction of sp³-hybridized carbons (Fsp3) is 0.222. The van der Waals surface area contributed by atoms with Gasteiger partial charge in [-0.15, -0.1) is 0 Å². The molecule has 3 aromatic rings. The predicted molar refractivity (Wildman–Crippen MR) is 124 cm³/mol. The van der Waals surface area contributed by atoms with Crippen LogP contribution in [0.25, 0.3) is 0 Å². The van der Waals surface area contributed by atoms with Gasteiger partial charge >= 0.3 is 11.9 Å². The Morgan fingerprint density at radius 1 is 0.727 bits per heavy atom. The Hall–Kier alpha value is -3.93. The molecule has 3 aromatic carbocycles. The molecule has 0 bridgehead atoms. The average molecular weight is 446 g/mol. The Bertz CT molecular complexity index is 971. The van der Waals surface area contributed by atoms with Crippen molar-refractivity contribution in [2.75, 3.05) is 14.2 Å². The first kappa shape index (κ1) is 23.7. The highest BCUT2D eigenvalue weighted by molar-refractivity contribution is 5.98. The van der Waals surface area contributed by atoms with Crippen LogP contribution in [-0.4, -0.2) is 38.1 Å². The zero-order valence-electron chi connectivity index (χ0n) is 18.7. The molecule has 0 unspecified atom stereocenters. The number of carbonyl (C=O) groups excluding carboxylic acids is 3. The van der Waals surface area contributed by atoms with E-state index in [2.05, 4.69) is 5.32 Å². The van der Waals surface area contributed by atoms with Crippen molar-refractivity contribution in [1.29, 1.82) is 0 Å². The summed E-state index contributed by atoms with van der Waals surface area (Å²) in [7, 11) is 2.53. The van der Waals surface area contributed by atoms with Crippen molar-refractivity contribution >= 4 is 17.8 Å². The van der Waals surface area contributed by atoms with Gasteiger partial charge in [-0.25, -0.2) is 4.79 Å². The summed E-state index contributed by atoms with van der Waals surface area (Å²) in [6.07, 6.45) is 0.0189. The van der Waals surface area contributed by atoms with Gasteiger partial charge in [-0.3, -0.25) is 9.59 Å². The predicted octanol–water partition coefficient (Wildman–Crippen LogP) is 3.63. The molecule has 1 N–H and O–H groups in total. The topological polar surface area (TPSA) is 81.7 Å². The molecule has 0 aromatic heterocycles. The molecule has 170 valence electrons. The molecule has 33 heavy (non-hydrogen) atoms. The van der Waals surface area contributed by atoms with Gasteiger partial charge in [0.25, 0.3) is 0 Å². The van der Waals surface area contributed by atoms with Crippen molar-refractivity contribution in [3.05, 3.63) is 108 Å². The first-order valence-corrected chi connectivity index (χ1v) is 10.7. The molecule has 1 amide bonds. The van der Waals surface area contributed by atoms with Crippen LogP contribution in [0.3, 0.4) is 0 Å². The molecule has 0 fully saturated rings. The third-order valence-corrected chi connectivity index (χ3v) is 5.62. The van der Waals surface area contributed by atoms with Gasteiger partial charge in [0.2, 0.25) is 5.91 Å². The lowest BCUT2D eigenvalue weighted by atomic mass is 9.68. The van der Waals surface area contributed by atoms with Crippen LogP contribution >= 0.6 is 0 Å². The zero-order valence-corrected chi connectivity index (χ0v) is 18.7. The summed E-state index contributed by atoms with van der Waals surface area (Å²) in [5.41, 5.74) is 1.01. The number of benzene rings is 3. The third kappa shape index (κ3) is 5.12. The monoisotopic (exact) mass is 445 g/mol. The number of esters is 2. The second-order valence-corrected chi connectivity index (χ2v) is 7.51. The zero-order chi connectivity index (χ0) is 23.7. The van der Waals surface area contributed by atoms with E-state index in [1.165, 1.54) is 14.2 Å². The van der Waals surface area contributed by atoms with Gasteiger partial charge in [0.15, 0.2) is 0 Å². The molecule has 0 saturated carbocycles. The van der Waals surface area contributed by atoms with Crippen molar-refractivity contribution in [3.63, 3.8) is 0 Å². The second kappa shape index (κ2) is 11.1. The lowest BCUT2D eigenvalue weighted by molar-refractivity contribution is -0.146. The average Bonchev–Trinajstić information content (AvgIpc) is 2.88. The summed E-state index contributed by atoms with van der Waals surface area (Å²) in [6, 6.07) is 27.2. The van der Waals surface area contributed by atoms with E-state index in [1.807, 2.05) is 91.0 Å². The molecule has 6 nitrogen and oxygen atoms in total. The Morgan fingerprint density at radius 3 is 1.52 bits per heavy atom. The first-order chi connectivity index (χ1) is 16.0. The van der Waals surface area contributed by atoms with Crippen molar-refractivity contribution in [2.45, 2.75) is 24.3 Å². The van der Waals surface area contributed by atoms with Gasteiger partial charge in [-0.2, -0.15) is 0 Å². The maximum absolute atomic E-state index is 14.2. The highest BCUT2D eigenvalue weighted by Crippen LogP contribution is 2.39. The quantitative estimate of drug-likeness (QED) is 0.402. The van der Waals surface area contributed by atoms with Crippen LogP contribution in [0.2, 0.25) is 0 Å². The SMILES string of the molecule is COC(=O)CC[C@H](NC(=O)C(c1ccccc1)(c1ccccc1)c1ccccc1)C(=O)OC. The molecular weight excluding hydrogens is 418 g/mol. The molecule has 0 aliphatic carbocycles. The van der Waals surface area contributed by atoms with E-state index in [0.29, 0.717) is 0 Å². The van der Waals surface area contributed by atoms with E-state index in [4.69, 9.17) is 9.47 Å². The highest BCUT2D eigenvalue weighted by Gasteiger charge is 2.45. The van der Waals surface area contributed by atoms with Crippen LogP contribution in [0.1, 0.15) is 29.5 Å². The molecule has 0 heterocycles. The van der Waals surface area contributed by atoms with Gasteiger partial charge in [0, 0.05) is 6.42 Å². The highest BCUT2D eigenvalue weighted by atomic mass is 16.5. The van der Waals surface area contributed by atoms with Gasteiger partial charge in [-0.1, -0.05) is 91.0 Å². The van der Waals surface area contributed by atoms with Crippen molar-refractivity contribution in [3.8, 4) is 0 Å². The lowest BCUT2D eigenvalue weighted by Crippen LogP contribution is -2.52. The smallest absolute Gasteiger partial charge is 0.328 e. The summed E-state index contributed by atoms with van der Waals surface area (Å²) in [4.78, 5) is 38.4. The molecule has 6 heteroatoms. The summed E-state index contributed by atoms with van der Waals surface area (Å²) >= 11 is 0. The molecule has 0 saturated heterocycles.